The van der Waals surface area contributed by atoms with E-state index in [-0.39, 0.29) is 81.7 Å². The Kier molecular flexibility index (Phi) is 26.7. The van der Waals surface area contributed by atoms with Crippen molar-refractivity contribution in [2.24, 2.45) is 0 Å². The molecule has 0 N–H and O–H groups in total. The van der Waals surface area contributed by atoms with Gasteiger partial charge in [-0.25, -0.2) is 49.2 Å². The third kappa shape index (κ3) is 20.1. The third-order valence-corrected chi connectivity index (χ3v) is 14.5. The van der Waals surface area contributed by atoms with Gasteiger partial charge in [0.15, 0.2) is 11.6 Å². The second kappa shape index (κ2) is 36.0. The molecule has 101 heavy (non-hydrogen) atoms. The topological polar surface area (TPSA) is 282 Å². The fourth-order valence-corrected chi connectivity index (χ4v) is 10.1. The molecule has 16 aromatic rings. The maximum atomic E-state index is 4.58. The Bertz CT molecular complexity index is 4800. The first-order valence-corrected chi connectivity index (χ1v) is 30.7. The van der Waals surface area contributed by atoms with Crippen LogP contribution < -0.4 is 19.9 Å². The van der Waals surface area contributed by atoms with Crippen LogP contribution in [0.25, 0.3) is 69.3 Å². The van der Waals surface area contributed by atoms with Gasteiger partial charge in [0.05, 0.1) is 22.8 Å². The monoisotopic (exact) mass is 1690 g/mol. The Labute approximate surface area is 637 Å². The van der Waals surface area contributed by atoms with Gasteiger partial charge in [-0.15, -0.1) is 83.4 Å². The van der Waals surface area contributed by atoms with Crippen molar-refractivity contribution in [2.45, 2.75) is 60.3 Å². The summed E-state index contributed by atoms with van der Waals surface area (Å²) in [6.45, 7) is 9.87. The van der Waals surface area contributed by atoms with Crippen LogP contribution >= 0.6 is 0 Å². The van der Waals surface area contributed by atoms with Crippen molar-refractivity contribution in [3.8, 4) is 69.3 Å². The first kappa shape index (κ1) is 74.7. The Morgan fingerprint density at radius 2 is 0.693 bits per heavy atom. The quantitative estimate of drug-likeness (QED) is 0.0642. The molecule has 12 aromatic heterocycles. The molecule has 0 atom stereocenters. The fraction of sp³-hybridized carbons (Fsp3) is 0.123. The van der Waals surface area contributed by atoms with E-state index in [2.05, 4.69) is 130 Å². The summed E-state index contributed by atoms with van der Waals surface area (Å²) in [5.41, 5.74) is 16.3. The number of hydrogen-bond acceptors (Lipinski definition) is 16. The van der Waals surface area contributed by atoms with Crippen molar-refractivity contribution < 1.29 is 81.7 Å². The van der Waals surface area contributed by atoms with Gasteiger partial charge in [0, 0.05) is 71.8 Å². The molecule has 0 bridgehead atoms. The van der Waals surface area contributed by atoms with Crippen molar-refractivity contribution in [1.29, 1.82) is 0 Å². The van der Waals surface area contributed by atoms with Gasteiger partial charge in [-0.1, -0.05) is 49.6 Å². The number of rotatable bonds is 16. The van der Waals surface area contributed by atoms with Crippen LogP contribution in [0.5, 0.6) is 0 Å². The van der Waals surface area contributed by atoms with E-state index >= 15 is 0 Å². The molecule has 4 aromatic carbocycles. The van der Waals surface area contributed by atoms with Crippen LogP contribution in [-0.2, 0) is 107 Å². The first-order chi connectivity index (χ1) is 47.5. The van der Waals surface area contributed by atoms with E-state index in [0.717, 1.165) is 96.0 Å². The summed E-state index contributed by atoms with van der Waals surface area (Å²) in [6, 6.07) is 53.0. The van der Waals surface area contributed by atoms with Gasteiger partial charge >= 0.3 is 81.7 Å². The van der Waals surface area contributed by atoms with Gasteiger partial charge in [0.1, 0.15) is 0 Å². The Balaban J connectivity index is 0.000000155. The standard InChI is InChI=1S/C19H16N6.3C18H14N6.4Pd/c1-13-10-14(2)25(24-13)17-5-3-4-15(12-17)11-16-6-7-20-19(23-16)18-21-8-9-22-18;1-13-6-10-24(23-13)16-4-2-3-14(12-16)11-15-5-7-19-18(22-15)17-20-8-9-21-17;2*1-13-6-10-24(23-13)18-21-7-5-16(22-18)12-14-3-2-4-15(11-14)17-19-8-9-20-17;;;;/h3-10H,11H2,1-2H3;2-10H,11H2,1H3;2*2-10H,12H2,1H3;;;;/q4*-2;4*+2. The summed E-state index contributed by atoms with van der Waals surface area (Å²) in [6.07, 6.45) is 28.5. The molecule has 28 heteroatoms. The predicted octanol–water partition coefficient (Wildman–Crippen LogP) is 9.82. The van der Waals surface area contributed by atoms with Gasteiger partial charge in [0.25, 0.3) is 11.9 Å². The molecule has 0 spiro atoms. The number of nitrogens with zero attached hydrogens (tertiary/aromatic N) is 24. The molecule has 510 valence electrons. The summed E-state index contributed by atoms with van der Waals surface area (Å²) >= 11 is 0. The van der Waals surface area contributed by atoms with Gasteiger partial charge in [0.2, 0.25) is 0 Å². The van der Waals surface area contributed by atoms with Crippen LogP contribution in [-0.4, -0.2) is 98.9 Å². The molecule has 0 aliphatic carbocycles. The molecule has 0 saturated heterocycles. The average Bonchev–Trinajstić information content (AvgIpc) is 1.80. The number of aromatic nitrogens is 24. The molecule has 0 fully saturated rings. The third-order valence-electron chi connectivity index (χ3n) is 14.5. The maximum Gasteiger partial charge on any atom is 2.00 e. The second-order valence-corrected chi connectivity index (χ2v) is 22.0. The van der Waals surface area contributed by atoms with Crippen molar-refractivity contribution in [1.82, 2.24) is 119 Å². The first-order valence-electron chi connectivity index (χ1n) is 30.7. The molecule has 0 aliphatic rings. The Morgan fingerprint density at radius 3 is 1.08 bits per heavy atom. The van der Waals surface area contributed by atoms with E-state index in [9.17, 15) is 0 Å². The molecule has 0 amide bonds. The minimum Gasteiger partial charge on any atom is -0.490 e. The number of aryl methyl sites for hydroxylation is 5. The Hall–Kier alpha value is -10.5. The summed E-state index contributed by atoms with van der Waals surface area (Å²) in [5, 5.41) is 17.6. The van der Waals surface area contributed by atoms with E-state index in [0.29, 0.717) is 72.5 Å². The van der Waals surface area contributed by atoms with Crippen molar-refractivity contribution in [2.75, 3.05) is 0 Å². The summed E-state index contributed by atoms with van der Waals surface area (Å²) < 4.78 is 7.08. The summed E-state index contributed by atoms with van der Waals surface area (Å²) in [7, 11) is 0. The van der Waals surface area contributed by atoms with Crippen molar-refractivity contribution in [3.05, 3.63) is 312 Å². The zero-order valence-corrected chi connectivity index (χ0v) is 60.8. The van der Waals surface area contributed by atoms with E-state index in [1.807, 2.05) is 178 Å². The smallest absolute Gasteiger partial charge is 0.490 e. The van der Waals surface area contributed by atoms with E-state index in [4.69, 9.17) is 0 Å². The summed E-state index contributed by atoms with van der Waals surface area (Å²) in [4.78, 5) is 68.7. The number of hydrogen-bond donors (Lipinski definition) is 0. The van der Waals surface area contributed by atoms with E-state index in [1.165, 1.54) is 0 Å². The molecular formula is C73H58N24Pd4. The predicted molar refractivity (Wildman–Crippen MR) is 359 cm³/mol. The van der Waals surface area contributed by atoms with Gasteiger partial charge in [-0.3, -0.25) is 9.36 Å². The molecular weight excluding hydrogens is 1640 g/mol. The molecule has 0 unspecified atom stereocenters. The maximum absolute atomic E-state index is 4.58. The second-order valence-electron chi connectivity index (χ2n) is 22.0. The van der Waals surface area contributed by atoms with Crippen LogP contribution in [0.4, 0.5) is 0 Å². The molecule has 16 rings (SSSR count). The van der Waals surface area contributed by atoms with Crippen LogP contribution in [0, 0.1) is 58.9 Å². The van der Waals surface area contributed by atoms with Crippen molar-refractivity contribution >= 4 is 0 Å². The molecule has 24 nitrogen and oxygen atoms in total. The van der Waals surface area contributed by atoms with E-state index < -0.39 is 0 Å². The summed E-state index contributed by atoms with van der Waals surface area (Å²) in [5.74, 6) is 4.67. The van der Waals surface area contributed by atoms with Crippen LogP contribution in [0.3, 0.4) is 0 Å². The molecule has 0 aliphatic heterocycles. The SMILES string of the molecule is Cc1cc(C)n(-c2[c-]c(Cc3ccnc(-c4ncc[n-]4)n3)ccc2)n1.Cc1ccn(-c2[c-]c(Cc3ccnc(-c4ncc[n-]4)n3)ccc2)n1.Cc1ccn(-c2nccc(Cc3[c-]c(-c4ncc[n-]4)ccc3)n2)n1.Cc1ccn(-c2nccc(Cc3[c-]c(-c4ncc[n-]4)ccc3)n2)n1.[Pd+2].[Pd+2].[Pd+2].[Pd+2]. The molecule has 12 heterocycles. The number of imidazole rings is 4. The van der Waals surface area contributed by atoms with Crippen LogP contribution in [0.1, 0.15) is 73.5 Å². The van der Waals surface area contributed by atoms with Crippen LogP contribution in [0.15, 0.2) is 214 Å². The van der Waals surface area contributed by atoms with Gasteiger partial charge < -0.3 is 39.9 Å². The molecule has 0 saturated carbocycles. The van der Waals surface area contributed by atoms with Crippen molar-refractivity contribution in [3.63, 3.8) is 0 Å². The largest absolute Gasteiger partial charge is 2.00 e. The fourth-order valence-electron chi connectivity index (χ4n) is 10.1. The van der Waals surface area contributed by atoms with Gasteiger partial charge in [-0.2, -0.15) is 79.0 Å². The van der Waals surface area contributed by atoms with Crippen LogP contribution in [0.2, 0.25) is 0 Å². The minimum absolute atomic E-state index is 0. The average molecular weight is 1700 g/mol. The van der Waals surface area contributed by atoms with E-state index in [1.54, 1.807) is 83.7 Å². The zero-order chi connectivity index (χ0) is 66.3. The minimum atomic E-state index is 0. The Morgan fingerprint density at radius 1 is 0.327 bits per heavy atom. The van der Waals surface area contributed by atoms with Gasteiger partial charge in [-0.05, 0) is 132 Å². The number of benzene rings is 4. The normalized spacial score (nSPS) is 10.5. The zero-order valence-electron chi connectivity index (χ0n) is 54.5. The molecule has 0 radical (unpaired) electrons.